The summed E-state index contributed by atoms with van der Waals surface area (Å²) < 4.78 is 33.1. The summed E-state index contributed by atoms with van der Waals surface area (Å²) in [6.45, 7) is 3.55. The highest BCUT2D eigenvalue weighted by atomic mass is 35.5. The summed E-state index contributed by atoms with van der Waals surface area (Å²) in [4.78, 5) is 12.2. The van der Waals surface area contributed by atoms with E-state index in [-0.39, 0.29) is 28.2 Å². The number of carbonyl (C=O) groups is 1. The Kier molecular flexibility index (Phi) is 7.10. The molecule has 0 aliphatic heterocycles. The minimum Gasteiger partial charge on any atom is -0.482 e. The summed E-state index contributed by atoms with van der Waals surface area (Å²) in [5.74, 6) is -0.158. The minimum absolute atomic E-state index is 0.0420. The van der Waals surface area contributed by atoms with Crippen LogP contribution in [0, 0.1) is 13.8 Å². The van der Waals surface area contributed by atoms with Crippen LogP contribution in [0.15, 0.2) is 65.6 Å². The van der Waals surface area contributed by atoms with E-state index in [0.717, 1.165) is 11.1 Å². The molecule has 1 amide bonds. The first kappa shape index (κ1) is 22.9. The van der Waals surface area contributed by atoms with E-state index in [0.29, 0.717) is 16.4 Å². The third-order valence-electron chi connectivity index (χ3n) is 4.34. The maximum absolute atomic E-state index is 12.6. The van der Waals surface area contributed by atoms with E-state index in [2.05, 4.69) is 10.0 Å². The standard InChI is InChI=1S/C22H20Cl2N2O4S/c1-14-3-4-15(2)20(11-14)25-22(27)13-30-21-10-9-18(12-19(21)24)31(28,29)26-17-7-5-16(23)6-8-17/h3-12,26H,13H2,1-2H3,(H,25,27). The zero-order valence-corrected chi connectivity index (χ0v) is 19.1. The van der Waals surface area contributed by atoms with E-state index in [4.69, 9.17) is 27.9 Å². The van der Waals surface area contributed by atoms with Gasteiger partial charge in [0, 0.05) is 16.4 Å². The number of nitrogens with one attached hydrogen (secondary N) is 2. The fraction of sp³-hybridized carbons (Fsp3) is 0.136. The highest BCUT2D eigenvalue weighted by Crippen LogP contribution is 2.28. The number of hydrogen-bond acceptors (Lipinski definition) is 4. The second kappa shape index (κ2) is 9.60. The molecule has 9 heteroatoms. The fourth-order valence-electron chi connectivity index (χ4n) is 2.70. The molecule has 0 fully saturated rings. The van der Waals surface area contributed by atoms with Gasteiger partial charge in [-0.15, -0.1) is 0 Å². The van der Waals surface area contributed by atoms with Gasteiger partial charge in [-0.2, -0.15) is 0 Å². The molecule has 0 saturated carbocycles. The third-order valence-corrected chi connectivity index (χ3v) is 6.26. The molecule has 3 aromatic rings. The average Bonchev–Trinajstić information content (AvgIpc) is 2.71. The molecule has 0 atom stereocenters. The zero-order chi connectivity index (χ0) is 22.6. The molecule has 3 rings (SSSR count). The first-order valence-corrected chi connectivity index (χ1v) is 11.5. The van der Waals surface area contributed by atoms with Gasteiger partial charge in [0.25, 0.3) is 15.9 Å². The van der Waals surface area contributed by atoms with E-state index in [9.17, 15) is 13.2 Å². The van der Waals surface area contributed by atoms with Crippen molar-refractivity contribution in [2.45, 2.75) is 18.7 Å². The molecule has 6 nitrogen and oxygen atoms in total. The van der Waals surface area contributed by atoms with Crippen molar-refractivity contribution in [1.82, 2.24) is 0 Å². The van der Waals surface area contributed by atoms with Crippen molar-refractivity contribution >= 4 is 50.5 Å². The highest BCUT2D eigenvalue weighted by Gasteiger charge is 2.17. The molecular weight excluding hydrogens is 459 g/mol. The van der Waals surface area contributed by atoms with Crippen LogP contribution in [0.4, 0.5) is 11.4 Å². The lowest BCUT2D eigenvalue weighted by Gasteiger charge is -2.12. The molecule has 0 saturated heterocycles. The number of amides is 1. The topological polar surface area (TPSA) is 84.5 Å². The second-order valence-corrected chi connectivity index (χ2v) is 9.39. The third kappa shape index (κ3) is 6.13. The zero-order valence-electron chi connectivity index (χ0n) is 16.8. The molecule has 162 valence electrons. The van der Waals surface area contributed by atoms with Crippen LogP contribution in [0.5, 0.6) is 5.75 Å². The van der Waals surface area contributed by atoms with Crippen molar-refractivity contribution in [2.24, 2.45) is 0 Å². The lowest BCUT2D eigenvalue weighted by Crippen LogP contribution is -2.21. The predicted molar refractivity (Wildman–Crippen MR) is 124 cm³/mol. The molecule has 0 aliphatic rings. The summed E-state index contributed by atoms with van der Waals surface area (Å²) >= 11 is 12.0. The molecule has 0 aromatic heterocycles. The van der Waals surface area contributed by atoms with Crippen molar-refractivity contribution in [3.63, 3.8) is 0 Å². The Labute approximate surface area is 191 Å². The molecule has 31 heavy (non-hydrogen) atoms. The number of hydrogen-bond donors (Lipinski definition) is 2. The molecule has 0 unspecified atom stereocenters. The molecule has 2 N–H and O–H groups in total. The normalized spacial score (nSPS) is 11.1. The summed E-state index contributed by atoms with van der Waals surface area (Å²) in [6.07, 6.45) is 0. The van der Waals surface area contributed by atoms with Crippen LogP contribution < -0.4 is 14.8 Å². The first-order chi connectivity index (χ1) is 14.6. The number of anilines is 2. The van der Waals surface area contributed by atoms with Crippen LogP contribution in [0.2, 0.25) is 10.0 Å². The maximum atomic E-state index is 12.6. The molecule has 0 bridgehead atoms. The Hall–Kier alpha value is -2.74. The maximum Gasteiger partial charge on any atom is 0.262 e. The van der Waals surface area contributed by atoms with Gasteiger partial charge in [-0.25, -0.2) is 8.42 Å². The lowest BCUT2D eigenvalue weighted by atomic mass is 10.1. The minimum atomic E-state index is -3.86. The summed E-state index contributed by atoms with van der Waals surface area (Å²) in [7, 11) is -3.86. The molecule has 0 spiro atoms. The highest BCUT2D eigenvalue weighted by molar-refractivity contribution is 7.92. The number of rotatable bonds is 7. The van der Waals surface area contributed by atoms with Crippen LogP contribution in [0.25, 0.3) is 0 Å². The first-order valence-electron chi connectivity index (χ1n) is 9.22. The summed E-state index contributed by atoms with van der Waals surface area (Å²) in [5.41, 5.74) is 3.02. The predicted octanol–water partition coefficient (Wildman–Crippen LogP) is 5.43. The lowest BCUT2D eigenvalue weighted by molar-refractivity contribution is -0.118. The SMILES string of the molecule is Cc1ccc(C)c(NC(=O)COc2ccc(S(=O)(=O)Nc3ccc(Cl)cc3)cc2Cl)c1. The Morgan fingerprint density at radius 2 is 1.68 bits per heavy atom. The van der Waals surface area contributed by atoms with Crippen molar-refractivity contribution < 1.29 is 17.9 Å². The Morgan fingerprint density at radius 3 is 2.35 bits per heavy atom. The van der Waals surface area contributed by atoms with Gasteiger partial charge in [-0.1, -0.05) is 35.3 Å². The van der Waals surface area contributed by atoms with E-state index in [1.165, 1.54) is 18.2 Å². The van der Waals surface area contributed by atoms with Gasteiger partial charge in [0.2, 0.25) is 0 Å². The second-order valence-electron chi connectivity index (χ2n) is 6.86. The van der Waals surface area contributed by atoms with Gasteiger partial charge in [-0.05, 0) is 73.5 Å². The van der Waals surface area contributed by atoms with E-state index >= 15 is 0 Å². The molecule has 0 heterocycles. The van der Waals surface area contributed by atoms with E-state index in [1.807, 2.05) is 32.0 Å². The van der Waals surface area contributed by atoms with Crippen molar-refractivity contribution in [2.75, 3.05) is 16.6 Å². The van der Waals surface area contributed by atoms with Crippen molar-refractivity contribution in [1.29, 1.82) is 0 Å². The Balaban J connectivity index is 1.65. The van der Waals surface area contributed by atoms with Gasteiger partial charge >= 0.3 is 0 Å². The number of benzene rings is 3. The van der Waals surface area contributed by atoms with Crippen LogP contribution in [0.3, 0.4) is 0 Å². The van der Waals surface area contributed by atoms with Crippen LogP contribution in [0.1, 0.15) is 11.1 Å². The average molecular weight is 479 g/mol. The summed E-state index contributed by atoms with van der Waals surface area (Å²) in [5, 5.41) is 3.35. The number of aryl methyl sites for hydroxylation is 2. The Morgan fingerprint density at radius 1 is 0.968 bits per heavy atom. The number of sulfonamides is 1. The van der Waals surface area contributed by atoms with E-state index in [1.54, 1.807) is 24.3 Å². The van der Waals surface area contributed by atoms with Crippen molar-refractivity contribution in [3.05, 3.63) is 81.8 Å². The smallest absolute Gasteiger partial charge is 0.262 e. The Bertz CT molecular complexity index is 1210. The monoisotopic (exact) mass is 478 g/mol. The van der Waals surface area contributed by atoms with Gasteiger partial charge < -0.3 is 10.1 Å². The number of carbonyl (C=O) groups excluding carboxylic acids is 1. The summed E-state index contributed by atoms with van der Waals surface area (Å²) in [6, 6.07) is 16.0. The van der Waals surface area contributed by atoms with Crippen LogP contribution in [-0.2, 0) is 14.8 Å². The van der Waals surface area contributed by atoms with E-state index < -0.39 is 10.0 Å². The largest absolute Gasteiger partial charge is 0.482 e. The van der Waals surface area contributed by atoms with Gasteiger partial charge in [-0.3, -0.25) is 9.52 Å². The molecule has 3 aromatic carbocycles. The van der Waals surface area contributed by atoms with Crippen LogP contribution >= 0.6 is 23.2 Å². The van der Waals surface area contributed by atoms with Gasteiger partial charge in [0.1, 0.15) is 5.75 Å². The molecule has 0 aliphatic carbocycles. The number of halogens is 2. The molecular formula is C22H20Cl2N2O4S. The number of ether oxygens (including phenoxy) is 1. The quantitative estimate of drug-likeness (QED) is 0.474. The molecule has 0 radical (unpaired) electrons. The fourth-order valence-corrected chi connectivity index (χ4v) is 4.21. The van der Waals surface area contributed by atoms with Gasteiger partial charge in [0.05, 0.1) is 9.92 Å². The van der Waals surface area contributed by atoms with Gasteiger partial charge in [0.15, 0.2) is 6.61 Å². The van der Waals surface area contributed by atoms with Crippen LogP contribution in [-0.4, -0.2) is 20.9 Å². The van der Waals surface area contributed by atoms with Crippen molar-refractivity contribution in [3.8, 4) is 5.75 Å².